The van der Waals surface area contributed by atoms with Gasteiger partial charge in [0.25, 0.3) is 22.3 Å². The topological polar surface area (TPSA) is 497 Å². The van der Waals surface area contributed by atoms with Gasteiger partial charge in [0, 0.05) is 0 Å². The molecule has 0 fully saturated rings. The van der Waals surface area contributed by atoms with E-state index in [1.807, 2.05) is 0 Å². The normalized spacial score (nSPS) is 18.5. The molecular formula is C8H32Cl4Na4O28P8. The van der Waals surface area contributed by atoms with E-state index in [2.05, 4.69) is 18.1 Å². The molecule has 0 bridgehead atoms. The summed E-state index contributed by atoms with van der Waals surface area (Å²) in [5.74, 6) is 0. The number of hydrogen-bond donors (Lipinski definition) is 16. The minimum Gasteiger partial charge on any atom is -1.00 e. The summed E-state index contributed by atoms with van der Waals surface area (Å²) in [6.45, 7) is 0. The monoisotopic (exact) mass is 1060 g/mol. The summed E-state index contributed by atoms with van der Waals surface area (Å²) in [7, 11) is -39.2. The first kappa shape index (κ1) is 75.6. The van der Waals surface area contributed by atoms with Crippen LogP contribution in [-0.4, -0.2) is 126 Å². The zero-order valence-corrected chi connectivity index (χ0v) is 44.5. The Kier molecular flexibility index (Phi) is 47.7. The predicted molar refractivity (Wildman–Crippen MR) is 163 cm³/mol. The summed E-state index contributed by atoms with van der Waals surface area (Å²) in [5, 5.41) is 34.3. The summed E-state index contributed by atoms with van der Waals surface area (Å²) in [4.78, 5) is 101. The van der Waals surface area contributed by atoms with E-state index in [1.165, 1.54) is 0 Å². The van der Waals surface area contributed by atoms with Gasteiger partial charge in [0.1, 0.15) is 24.3 Å². The molecule has 0 aromatic rings. The summed E-state index contributed by atoms with van der Waals surface area (Å²) in [6.07, 6.45) is 0. The Morgan fingerprint density at radius 3 is 0.500 bits per heavy atom. The molecule has 0 rings (SSSR count). The fourth-order valence-electron chi connectivity index (χ4n) is 1.31. The van der Waals surface area contributed by atoms with Crippen LogP contribution in [0, 0.1) is 0 Å². The van der Waals surface area contributed by atoms with Crippen LogP contribution in [0.5, 0.6) is 0 Å². The molecule has 8 unspecified atom stereocenters. The van der Waals surface area contributed by atoms with Crippen molar-refractivity contribution in [2.75, 3.05) is 24.3 Å². The van der Waals surface area contributed by atoms with E-state index in [-0.39, 0.29) is 124 Å². The van der Waals surface area contributed by atoms with Crippen LogP contribution in [0.15, 0.2) is 0 Å². The van der Waals surface area contributed by atoms with Gasteiger partial charge in [-0.1, -0.05) is 46.4 Å². The van der Waals surface area contributed by atoms with Crippen molar-refractivity contribution in [3.63, 3.8) is 0 Å². The van der Waals surface area contributed by atoms with E-state index >= 15 is 0 Å². The molecule has 16 N–H and O–H groups in total. The number of alkyl halides is 4. The van der Waals surface area contributed by atoms with Crippen molar-refractivity contribution in [1.82, 2.24) is 0 Å². The third kappa shape index (κ3) is 34.7. The predicted octanol–water partition coefficient (Wildman–Crippen LogP) is -12.2. The molecule has 8 atom stereocenters. The molecule has 0 aliphatic heterocycles. The number of hydrogen-bond acceptors (Lipinski definition) is 16. The quantitative estimate of drug-likeness (QED) is 0.0388. The molecular weight excluding hydrogens is 1030 g/mol. The van der Waals surface area contributed by atoms with Crippen LogP contribution in [0.3, 0.4) is 0 Å². The second kappa shape index (κ2) is 32.8. The molecule has 0 aromatic heterocycles. The molecule has 0 aliphatic rings. The molecule has 44 heteroatoms. The van der Waals surface area contributed by atoms with E-state index < -0.39 is 107 Å². The maximum absolute atomic E-state index is 10.7. The number of aliphatic hydroxyl groups excluding tert-OH is 4. The van der Waals surface area contributed by atoms with Gasteiger partial charge in [-0.2, -0.15) is 0 Å². The van der Waals surface area contributed by atoms with Crippen LogP contribution >= 0.6 is 107 Å². The zero-order chi connectivity index (χ0) is 40.0. The van der Waals surface area contributed by atoms with Gasteiger partial charge >= 0.3 is 179 Å². The Morgan fingerprint density at radius 1 is 0.346 bits per heavy atom. The maximum Gasteiger partial charge on any atom is 1.00 e. The van der Waals surface area contributed by atoms with Crippen LogP contribution in [0.1, 0.15) is 5.71 Å². The van der Waals surface area contributed by atoms with Crippen LogP contribution in [0.25, 0.3) is 0 Å². The molecule has 0 heterocycles. The Hall–Kier alpha value is 6.20. The van der Waals surface area contributed by atoms with Gasteiger partial charge in [0.05, 0.1) is 0 Å². The van der Waals surface area contributed by atoms with Crippen molar-refractivity contribution >= 4 is 107 Å². The standard InChI is InChI=1S/4C2H7ClO7P2.4Na.4H/c4*3-1-10-12(8,9)2(4)11(5,6)7;;;;;;;;/h4*2,4H,1H2,(H,8,9)(H2,5,6,7);;;;;;;;/q;;;;4*+1;4*-1. The van der Waals surface area contributed by atoms with Crippen LogP contribution in [0.4, 0.5) is 0 Å². The van der Waals surface area contributed by atoms with Gasteiger partial charge < -0.3 is 84.9 Å². The van der Waals surface area contributed by atoms with Gasteiger partial charge in [0.2, 0.25) is 0 Å². The second-order valence-corrected chi connectivity index (χ2v) is 23.6. The van der Waals surface area contributed by atoms with Crippen molar-refractivity contribution in [3.05, 3.63) is 0 Å². The Balaban J connectivity index is -0.0000000440. The first-order chi connectivity index (χ1) is 20.9. The first-order valence-corrected chi connectivity index (χ1v) is 25.4. The second-order valence-electron chi connectivity index (χ2n) is 6.95. The minimum atomic E-state index is -5.05. The van der Waals surface area contributed by atoms with Crippen LogP contribution < -0.4 is 118 Å². The molecule has 0 aromatic carbocycles. The molecule has 0 amide bonds. The van der Waals surface area contributed by atoms with E-state index in [0.717, 1.165) is 0 Å². The van der Waals surface area contributed by atoms with E-state index in [0.29, 0.717) is 0 Å². The Bertz CT molecular complexity index is 1180. The fourth-order valence-corrected chi connectivity index (χ4v) is 11.0. The van der Waals surface area contributed by atoms with Gasteiger partial charge in [-0.3, -0.25) is 54.6 Å². The van der Waals surface area contributed by atoms with Gasteiger partial charge in [-0.05, 0) is 0 Å². The average Bonchev–Trinajstić information content (AvgIpc) is 2.85. The minimum absolute atomic E-state index is 0. The van der Waals surface area contributed by atoms with Crippen LogP contribution in [0.2, 0.25) is 0 Å². The molecule has 0 spiro atoms. The number of halogens is 4. The largest absolute Gasteiger partial charge is 1.00 e. The van der Waals surface area contributed by atoms with Crippen molar-refractivity contribution in [3.8, 4) is 0 Å². The third-order valence-electron chi connectivity index (χ3n) is 3.31. The molecule has 28 nitrogen and oxygen atoms in total. The van der Waals surface area contributed by atoms with Gasteiger partial charge in [-0.25, -0.2) is 0 Å². The van der Waals surface area contributed by atoms with Crippen molar-refractivity contribution in [2.24, 2.45) is 0 Å². The third-order valence-corrected chi connectivity index (χ3v) is 18.2. The summed E-state index contributed by atoms with van der Waals surface area (Å²) in [6, 6.07) is -2.98. The van der Waals surface area contributed by atoms with E-state index in [4.69, 9.17) is 126 Å². The number of rotatable bonds is 16. The maximum atomic E-state index is 10.7. The van der Waals surface area contributed by atoms with Gasteiger partial charge in [-0.15, -0.1) is 0 Å². The van der Waals surface area contributed by atoms with E-state index in [9.17, 15) is 36.5 Å². The van der Waals surface area contributed by atoms with Crippen LogP contribution in [-0.2, 0) is 54.6 Å². The zero-order valence-electron chi connectivity index (χ0n) is 30.3. The molecule has 52 heavy (non-hydrogen) atoms. The first-order valence-electron chi connectivity index (χ1n) is 9.91. The molecule has 0 radical (unpaired) electrons. The van der Waals surface area contributed by atoms with Crippen molar-refractivity contribution in [2.45, 2.75) is 22.3 Å². The molecule has 0 aliphatic carbocycles. The summed E-state index contributed by atoms with van der Waals surface area (Å²) < 4.78 is 99.0. The smallest absolute Gasteiger partial charge is 1.00 e. The average molecular weight is 1060 g/mol. The Labute approximate surface area is 406 Å². The number of aliphatic hydroxyl groups is 4. The summed E-state index contributed by atoms with van der Waals surface area (Å²) in [5.41, 5.74) is -11.0. The molecule has 0 saturated carbocycles. The molecule has 304 valence electrons. The Morgan fingerprint density at radius 2 is 0.442 bits per heavy atom. The van der Waals surface area contributed by atoms with Gasteiger partial charge in [0.15, 0.2) is 0 Å². The fraction of sp³-hybridized carbons (Fsp3) is 1.00. The van der Waals surface area contributed by atoms with Crippen molar-refractivity contribution in [1.29, 1.82) is 0 Å². The summed E-state index contributed by atoms with van der Waals surface area (Å²) >= 11 is 19.4. The van der Waals surface area contributed by atoms with E-state index in [1.54, 1.807) is 0 Å². The molecule has 0 saturated heterocycles. The van der Waals surface area contributed by atoms with Crippen molar-refractivity contribution < 1.29 is 258 Å². The SMILES string of the molecule is O=P(O)(O)C(O)P(=O)(O)OCCl.O=P(O)(O)C(O)P(=O)(O)OCCl.O=P(O)(O)C(O)P(=O)(O)OCCl.O=P(O)(O)C(O)P(=O)(O)OCCl.[H-].[H-].[H-].[H-].[Na+].[Na+].[Na+].[Na+].